The van der Waals surface area contributed by atoms with E-state index in [0.717, 1.165) is 56.9 Å². The molecule has 2 aliphatic carbocycles. The van der Waals surface area contributed by atoms with Gasteiger partial charge in [-0.2, -0.15) is 22.7 Å². The van der Waals surface area contributed by atoms with E-state index in [1.807, 2.05) is 65.1 Å². The molecule has 406 valence electrons. The SMILES string of the molecule is C[Si](C)(C)c1ccc2c(c1)sc1c(-c3ccc(C4CC4)cn3)[c-]ccc12.C[Si](C)(C)c1cccc2c1sc1c(-c3ccc(C4CC4)cn3)[c-]ccc12.[2H]C([2H])([2H])c1ccc(-c2[c-]cccc2)nc1.[2H]C([2H])([2H])c1ccc(-c2[c-]cccc2)nc1.[Ir].[Ir]. The van der Waals surface area contributed by atoms with Gasteiger partial charge in [-0.1, -0.05) is 134 Å². The summed E-state index contributed by atoms with van der Waals surface area (Å²) in [6, 6.07) is 65.8. The standard InChI is InChI=1S/2C23H22NSSi.2C12H10N.2Ir/c1-26(2,3)21-9-5-7-18-17-6-4-8-19(22(17)25-23(18)21)20-13-12-16(14-24-20)15-10-11-15;1-26(2,3)17-10-11-18-19-5-4-6-20(23(19)25-22(18)13-17)21-12-9-16(14-24-21)15-7-8-15;2*1-10-7-8-12(13-9-10)11-5-3-2-4-6-11;;/h4-7,9,12-15H,10-11H2,1-3H3;4-5,9-15H,7-8H2,1-3H3;2*2-5,7-9H,1H3;;/q4*-1;;/i;;2*1D3;;. The fourth-order valence-corrected chi connectivity index (χ4v) is 15.8. The monoisotopic (exact) mass is 1470 g/mol. The predicted molar refractivity (Wildman–Crippen MR) is 339 cm³/mol. The first-order chi connectivity index (χ1) is 40.2. The largest absolute Gasteiger partial charge is 0.304 e. The van der Waals surface area contributed by atoms with Crippen LogP contribution in [0.25, 0.3) is 85.4 Å². The molecule has 0 bridgehead atoms. The van der Waals surface area contributed by atoms with Gasteiger partial charge in [0.25, 0.3) is 0 Å². The van der Waals surface area contributed by atoms with Crippen LogP contribution < -0.4 is 10.4 Å². The van der Waals surface area contributed by atoms with E-state index in [0.29, 0.717) is 0 Å². The van der Waals surface area contributed by atoms with E-state index in [2.05, 4.69) is 165 Å². The van der Waals surface area contributed by atoms with Crippen molar-refractivity contribution in [3.8, 4) is 45.0 Å². The molecule has 4 nitrogen and oxygen atoms in total. The molecule has 0 spiro atoms. The molecular weight excluding hydrogens is 1400 g/mol. The van der Waals surface area contributed by atoms with Gasteiger partial charge in [0.05, 0.1) is 16.1 Å². The molecule has 0 aliphatic heterocycles. The van der Waals surface area contributed by atoms with Gasteiger partial charge in [0.2, 0.25) is 0 Å². The molecule has 2 aliphatic rings. The van der Waals surface area contributed by atoms with Gasteiger partial charge in [-0.15, -0.1) is 119 Å². The van der Waals surface area contributed by atoms with Gasteiger partial charge in [0, 0.05) is 82.6 Å². The third-order valence-electron chi connectivity index (χ3n) is 14.2. The summed E-state index contributed by atoms with van der Waals surface area (Å²) in [6.07, 6.45) is 12.2. The molecule has 6 heterocycles. The smallest absolute Gasteiger partial charge is 0.0794 e. The van der Waals surface area contributed by atoms with Crippen LogP contribution in [0.2, 0.25) is 39.3 Å². The number of nitrogens with zero attached hydrogens (tertiary/aromatic N) is 4. The normalized spacial score (nSPS) is 14.4. The topological polar surface area (TPSA) is 51.6 Å². The zero-order valence-electron chi connectivity index (χ0n) is 51.6. The molecule has 2 fully saturated rings. The Morgan fingerprint density at radius 1 is 0.438 bits per heavy atom. The minimum absolute atomic E-state index is 0. The first-order valence-electron chi connectivity index (χ1n) is 29.7. The van der Waals surface area contributed by atoms with Gasteiger partial charge in [0.1, 0.15) is 0 Å². The molecule has 0 saturated heterocycles. The van der Waals surface area contributed by atoms with Gasteiger partial charge in [-0.05, 0) is 128 Å². The number of aromatic nitrogens is 4. The van der Waals surface area contributed by atoms with Crippen LogP contribution in [0.4, 0.5) is 0 Å². The summed E-state index contributed by atoms with van der Waals surface area (Å²) in [7, 11) is -2.69. The molecule has 0 atom stereocenters. The average molecular weight is 1470 g/mol. The van der Waals surface area contributed by atoms with Gasteiger partial charge in [-0.3, -0.25) is 0 Å². The number of pyridine rings is 4. The molecule has 2 saturated carbocycles. The van der Waals surface area contributed by atoms with Crippen LogP contribution in [0, 0.1) is 38.0 Å². The molecule has 0 N–H and O–H groups in total. The zero-order chi connectivity index (χ0) is 59.0. The van der Waals surface area contributed by atoms with Crippen LogP contribution in [0.5, 0.6) is 0 Å². The van der Waals surface area contributed by atoms with E-state index in [-0.39, 0.29) is 51.3 Å². The summed E-state index contributed by atoms with van der Waals surface area (Å²) in [5.41, 5.74) is 10.8. The van der Waals surface area contributed by atoms with Crippen molar-refractivity contribution in [2.75, 3.05) is 0 Å². The number of aryl methyl sites for hydroxylation is 2. The molecule has 6 aromatic heterocycles. The Labute approximate surface area is 518 Å². The maximum absolute atomic E-state index is 7.23. The molecule has 0 unspecified atom stereocenters. The second-order valence-corrected chi connectivity index (χ2v) is 34.4. The number of hydrogen-bond donors (Lipinski definition) is 0. The van der Waals surface area contributed by atoms with Crippen molar-refractivity contribution < 1.29 is 48.4 Å². The van der Waals surface area contributed by atoms with Gasteiger partial charge < -0.3 is 19.9 Å². The second kappa shape index (κ2) is 25.5. The molecule has 2 radical (unpaired) electrons. The van der Waals surface area contributed by atoms with Gasteiger partial charge in [-0.25, -0.2) is 0 Å². The van der Waals surface area contributed by atoms with E-state index < -0.39 is 29.9 Å². The molecule has 10 heteroatoms. The fraction of sp³-hybridized carbons (Fsp3) is 0.200. The predicted octanol–water partition coefficient (Wildman–Crippen LogP) is 18.4. The average Bonchev–Trinajstić information content (AvgIpc) is 1.85. The van der Waals surface area contributed by atoms with Crippen LogP contribution >= 0.6 is 22.7 Å². The van der Waals surface area contributed by atoms with Gasteiger partial charge >= 0.3 is 0 Å². The molecule has 0 amide bonds. The van der Waals surface area contributed by atoms with Crippen molar-refractivity contribution in [3.05, 3.63) is 229 Å². The van der Waals surface area contributed by atoms with Crippen molar-refractivity contribution in [2.45, 2.75) is 90.5 Å². The fourth-order valence-electron chi connectivity index (χ4n) is 9.58. The maximum Gasteiger partial charge on any atom is 0.0794 e. The van der Waals surface area contributed by atoms with Crippen molar-refractivity contribution in [1.82, 2.24) is 19.9 Å². The number of benzene rings is 6. The second-order valence-electron chi connectivity index (χ2n) is 22.2. The molecule has 12 aromatic rings. The Balaban J connectivity index is 0.000000140. The third kappa shape index (κ3) is 13.7. The summed E-state index contributed by atoms with van der Waals surface area (Å²) in [4.78, 5) is 17.8. The van der Waals surface area contributed by atoms with Crippen molar-refractivity contribution in [2.24, 2.45) is 0 Å². The van der Waals surface area contributed by atoms with Crippen LogP contribution in [-0.2, 0) is 40.2 Å². The Kier molecular flexibility index (Phi) is 16.2. The molecular formula is C70H64Ir2N4S2Si2-4. The number of thiophene rings is 2. The Morgan fingerprint density at radius 3 is 1.38 bits per heavy atom. The third-order valence-corrected chi connectivity index (χ3v) is 21.0. The Bertz CT molecular complexity index is 4140. The van der Waals surface area contributed by atoms with Crippen molar-refractivity contribution in [3.63, 3.8) is 0 Å². The summed E-state index contributed by atoms with van der Waals surface area (Å²) in [5, 5.41) is 8.49. The Hall–Kier alpha value is -5.91. The summed E-state index contributed by atoms with van der Waals surface area (Å²) < 4.78 is 48.9. The van der Waals surface area contributed by atoms with E-state index in [4.69, 9.17) is 18.2 Å². The van der Waals surface area contributed by atoms with E-state index in [1.165, 1.54) is 94.7 Å². The summed E-state index contributed by atoms with van der Waals surface area (Å²) >= 11 is 3.81. The van der Waals surface area contributed by atoms with Crippen molar-refractivity contribution in [1.29, 1.82) is 0 Å². The number of rotatable bonds is 8. The zero-order valence-corrected chi connectivity index (χ0v) is 54.0. The first-order valence-corrected chi connectivity index (χ1v) is 35.3. The van der Waals surface area contributed by atoms with Crippen molar-refractivity contribution >= 4 is 89.5 Å². The van der Waals surface area contributed by atoms with Crippen LogP contribution in [0.15, 0.2) is 183 Å². The van der Waals surface area contributed by atoms with Gasteiger partial charge in [0.15, 0.2) is 0 Å². The summed E-state index contributed by atoms with van der Waals surface area (Å²) in [6.45, 7) is 10.3. The van der Waals surface area contributed by atoms with Crippen LogP contribution in [0.1, 0.15) is 68.0 Å². The van der Waals surface area contributed by atoms with E-state index >= 15 is 0 Å². The minimum Gasteiger partial charge on any atom is -0.304 e. The molecule has 80 heavy (non-hydrogen) atoms. The maximum atomic E-state index is 7.23. The summed E-state index contributed by atoms with van der Waals surface area (Å²) in [5.74, 6) is 1.50. The van der Waals surface area contributed by atoms with Crippen LogP contribution in [-0.4, -0.2) is 36.1 Å². The van der Waals surface area contributed by atoms with E-state index in [9.17, 15) is 0 Å². The van der Waals surface area contributed by atoms with E-state index in [1.54, 1.807) is 41.6 Å². The number of hydrogen-bond acceptors (Lipinski definition) is 6. The molecule has 14 rings (SSSR count). The quantitative estimate of drug-likeness (QED) is 0.112. The molecule has 6 aromatic carbocycles. The van der Waals surface area contributed by atoms with Crippen LogP contribution in [0.3, 0.4) is 0 Å². The minimum atomic E-state index is -2.09. The number of fused-ring (bicyclic) bond motifs is 6. The Morgan fingerprint density at radius 2 is 0.938 bits per heavy atom. The first kappa shape index (κ1) is 51.0.